The fourth-order valence-electron chi connectivity index (χ4n) is 3.25. The number of piperidine rings is 1. The lowest BCUT2D eigenvalue weighted by Gasteiger charge is -2.31. The van der Waals surface area contributed by atoms with Crippen LogP contribution in [-0.4, -0.2) is 31.7 Å². The Morgan fingerprint density at radius 2 is 1.83 bits per heavy atom. The predicted octanol–water partition coefficient (Wildman–Crippen LogP) is 4.05. The second kappa shape index (κ2) is 8.16. The molecule has 1 saturated heterocycles. The molecule has 0 aliphatic carbocycles. The molecule has 1 N–H and O–H groups in total. The zero-order valence-corrected chi connectivity index (χ0v) is 16.6. The molecule has 2 aromatic rings. The number of rotatable bonds is 4. The highest BCUT2D eigenvalue weighted by Gasteiger charge is 2.34. The van der Waals surface area contributed by atoms with Crippen LogP contribution in [0.5, 0.6) is 0 Å². The van der Waals surface area contributed by atoms with Gasteiger partial charge in [-0.3, -0.25) is 4.79 Å². The SMILES string of the molecule is Cc1ccc(S(=O)(=O)N2CCC[C@H](C(=O)Nc3cccc(C(F)(F)F)c3)C2)cc1. The van der Waals surface area contributed by atoms with Gasteiger partial charge in [-0.1, -0.05) is 23.8 Å². The lowest BCUT2D eigenvalue weighted by molar-refractivity contribution is -0.137. The van der Waals surface area contributed by atoms with Gasteiger partial charge in [-0.15, -0.1) is 0 Å². The number of nitrogens with zero attached hydrogens (tertiary/aromatic N) is 1. The summed E-state index contributed by atoms with van der Waals surface area (Å²) in [6, 6.07) is 10.8. The van der Waals surface area contributed by atoms with E-state index < -0.39 is 33.6 Å². The van der Waals surface area contributed by atoms with Crippen molar-refractivity contribution in [3.05, 3.63) is 59.7 Å². The molecule has 1 fully saturated rings. The zero-order chi connectivity index (χ0) is 21.2. The molecule has 29 heavy (non-hydrogen) atoms. The number of halogens is 3. The van der Waals surface area contributed by atoms with Crippen LogP contribution in [0.4, 0.5) is 18.9 Å². The first kappa shape index (κ1) is 21.3. The second-order valence-corrected chi connectivity index (χ2v) is 9.02. The first-order valence-electron chi connectivity index (χ1n) is 9.12. The van der Waals surface area contributed by atoms with Crippen molar-refractivity contribution < 1.29 is 26.4 Å². The van der Waals surface area contributed by atoms with Crippen LogP contribution in [0.2, 0.25) is 0 Å². The van der Waals surface area contributed by atoms with Crippen molar-refractivity contribution in [1.82, 2.24) is 4.31 Å². The Morgan fingerprint density at radius 3 is 2.48 bits per heavy atom. The molecule has 1 atom stereocenters. The highest BCUT2D eigenvalue weighted by atomic mass is 32.2. The molecular weight excluding hydrogens is 405 g/mol. The van der Waals surface area contributed by atoms with Gasteiger partial charge in [0.1, 0.15) is 0 Å². The van der Waals surface area contributed by atoms with E-state index in [1.807, 2.05) is 6.92 Å². The maximum absolute atomic E-state index is 12.8. The lowest BCUT2D eigenvalue weighted by atomic mass is 9.98. The van der Waals surface area contributed by atoms with Crippen LogP contribution in [0.3, 0.4) is 0 Å². The number of sulfonamides is 1. The van der Waals surface area contributed by atoms with Crippen LogP contribution in [0.1, 0.15) is 24.0 Å². The number of amides is 1. The third-order valence-corrected chi connectivity index (χ3v) is 6.75. The van der Waals surface area contributed by atoms with E-state index in [2.05, 4.69) is 5.32 Å². The number of anilines is 1. The van der Waals surface area contributed by atoms with Crippen LogP contribution in [-0.2, 0) is 21.0 Å². The molecule has 156 valence electrons. The van der Waals surface area contributed by atoms with Crippen molar-refractivity contribution in [2.45, 2.75) is 30.8 Å². The molecule has 0 spiro atoms. The van der Waals surface area contributed by atoms with Crippen molar-refractivity contribution in [3.8, 4) is 0 Å². The van der Waals surface area contributed by atoms with Gasteiger partial charge in [0.05, 0.1) is 16.4 Å². The Bertz CT molecular complexity index is 989. The number of aryl methyl sites for hydroxylation is 1. The Hall–Kier alpha value is -2.39. The highest BCUT2D eigenvalue weighted by molar-refractivity contribution is 7.89. The molecule has 2 aromatic carbocycles. The molecule has 5 nitrogen and oxygen atoms in total. The summed E-state index contributed by atoms with van der Waals surface area (Å²) in [6.45, 7) is 2.13. The van der Waals surface area contributed by atoms with Crippen molar-refractivity contribution in [2.24, 2.45) is 5.92 Å². The first-order valence-corrected chi connectivity index (χ1v) is 10.6. The number of alkyl halides is 3. The Morgan fingerprint density at radius 1 is 1.14 bits per heavy atom. The van der Waals surface area contributed by atoms with Gasteiger partial charge in [0, 0.05) is 18.8 Å². The maximum Gasteiger partial charge on any atom is 0.416 e. The summed E-state index contributed by atoms with van der Waals surface area (Å²) in [5.74, 6) is -1.13. The van der Waals surface area contributed by atoms with E-state index >= 15 is 0 Å². The topological polar surface area (TPSA) is 66.5 Å². The minimum atomic E-state index is -4.51. The van der Waals surface area contributed by atoms with Gasteiger partial charge in [0.15, 0.2) is 0 Å². The van der Waals surface area contributed by atoms with Gasteiger partial charge >= 0.3 is 6.18 Å². The summed E-state index contributed by atoms with van der Waals surface area (Å²) in [4.78, 5) is 12.7. The van der Waals surface area contributed by atoms with E-state index in [0.717, 1.165) is 17.7 Å². The number of hydrogen-bond acceptors (Lipinski definition) is 3. The van der Waals surface area contributed by atoms with Crippen molar-refractivity contribution >= 4 is 21.6 Å². The smallest absolute Gasteiger partial charge is 0.326 e. The number of hydrogen-bond donors (Lipinski definition) is 1. The summed E-state index contributed by atoms with van der Waals surface area (Å²) in [7, 11) is -3.74. The third-order valence-electron chi connectivity index (χ3n) is 4.87. The summed E-state index contributed by atoms with van der Waals surface area (Å²) >= 11 is 0. The van der Waals surface area contributed by atoms with Crippen LogP contribution in [0, 0.1) is 12.8 Å². The standard InChI is InChI=1S/C20H21F3N2O3S/c1-14-7-9-18(10-8-14)29(27,28)25-11-3-4-15(13-25)19(26)24-17-6-2-5-16(12-17)20(21,22)23/h2,5-10,12,15H,3-4,11,13H2,1H3,(H,24,26)/t15-/m0/s1. The van der Waals surface area contributed by atoms with E-state index in [9.17, 15) is 26.4 Å². The van der Waals surface area contributed by atoms with Gasteiger partial charge in [-0.25, -0.2) is 8.42 Å². The molecule has 1 aliphatic rings. The molecule has 1 amide bonds. The summed E-state index contributed by atoms with van der Waals surface area (Å²) < 4.78 is 65.5. The van der Waals surface area contributed by atoms with Gasteiger partial charge in [0.2, 0.25) is 15.9 Å². The minimum Gasteiger partial charge on any atom is -0.326 e. The summed E-state index contributed by atoms with van der Waals surface area (Å²) in [5.41, 5.74) is 0.104. The molecule has 0 radical (unpaired) electrons. The Balaban J connectivity index is 1.72. The summed E-state index contributed by atoms with van der Waals surface area (Å²) in [6.07, 6.45) is -3.55. The van der Waals surface area contributed by atoms with E-state index in [1.165, 1.54) is 28.6 Å². The Labute approximate surface area is 167 Å². The van der Waals surface area contributed by atoms with Crippen LogP contribution in [0.15, 0.2) is 53.4 Å². The number of benzene rings is 2. The van der Waals surface area contributed by atoms with E-state index in [-0.39, 0.29) is 17.1 Å². The lowest BCUT2D eigenvalue weighted by Crippen LogP contribution is -2.43. The fourth-order valence-corrected chi connectivity index (χ4v) is 4.78. The third kappa shape index (κ3) is 4.97. The number of carbonyl (C=O) groups excluding carboxylic acids is 1. The van der Waals surface area contributed by atoms with Gasteiger partial charge in [-0.2, -0.15) is 17.5 Å². The molecule has 9 heteroatoms. The molecule has 1 aliphatic heterocycles. The predicted molar refractivity (Wildman–Crippen MR) is 103 cm³/mol. The van der Waals surface area contributed by atoms with Crippen molar-refractivity contribution in [2.75, 3.05) is 18.4 Å². The van der Waals surface area contributed by atoms with E-state index in [1.54, 1.807) is 12.1 Å². The van der Waals surface area contributed by atoms with Gasteiger partial charge < -0.3 is 5.32 Å². The monoisotopic (exact) mass is 426 g/mol. The number of carbonyl (C=O) groups is 1. The molecule has 0 bridgehead atoms. The molecule has 1 heterocycles. The van der Waals surface area contributed by atoms with E-state index in [0.29, 0.717) is 19.4 Å². The van der Waals surface area contributed by atoms with Crippen LogP contribution in [0.25, 0.3) is 0 Å². The Kier molecular flexibility index (Phi) is 6.00. The van der Waals surface area contributed by atoms with Crippen LogP contribution < -0.4 is 5.32 Å². The fraction of sp³-hybridized carbons (Fsp3) is 0.350. The largest absolute Gasteiger partial charge is 0.416 e. The van der Waals surface area contributed by atoms with Gasteiger partial charge in [-0.05, 0) is 50.1 Å². The van der Waals surface area contributed by atoms with Gasteiger partial charge in [0.25, 0.3) is 0 Å². The zero-order valence-electron chi connectivity index (χ0n) is 15.7. The average molecular weight is 426 g/mol. The molecule has 3 rings (SSSR count). The molecule has 0 unspecified atom stereocenters. The van der Waals surface area contributed by atoms with Crippen molar-refractivity contribution in [3.63, 3.8) is 0 Å². The maximum atomic E-state index is 12.8. The first-order chi connectivity index (χ1) is 13.6. The quantitative estimate of drug-likeness (QED) is 0.802. The summed E-state index contributed by atoms with van der Waals surface area (Å²) in [5, 5.41) is 2.48. The van der Waals surface area contributed by atoms with Crippen molar-refractivity contribution in [1.29, 1.82) is 0 Å². The molecule has 0 aromatic heterocycles. The normalized spacial score (nSPS) is 18.4. The molecular formula is C20H21F3N2O3S. The highest BCUT2D eigenvalue weighted by Crippen LogP contribution is 2.31. The average Bonchev–Trinajstić information content (AvgIpc) is 2.68. The minimum absolute atomic E-state index is 0.0129. The number of nitrogens with one attached hydrogen (secondary N) is 1. The molecule has 0 saturated carbocycles. The van der Waals surface area contributed by atoms with E-state index in [4.69, 9.17) is 0 Å². The second-order valence-electron chi connectivity index (χ2n) is 7.08. The van der Waals surface area contributed by atoms with Crippen LogP contribution >= 0.6 is 0 Å².